The number of hydrogen-bond acceptors (Lipinski definition) is 2. The minimum absolute atomic E-state index is 0.0943. The second-order valence-corrected chi connectivity index (χ2v) is 6.86. The molecule has 4 unspecified atom stereocenters. The highest BCUT2D eigenvalue weighted by atomic mass is 16.4. The summed E-state index contributed by atoms with van der Waals surface area (Å²) in [6, 6.07) is 0.138. The van der Waals surface area contributed by atoms with Gasteiger partial charge in [-0.2, -0.15) is 0 Å². The van der Waals surface area contributed by atoms with E-state index in [1.165, 1.54) is 0 Å². The lowest BCUT2D eigenvalue weighted by Crippen LogP contribution is -2.53. The summed E-state index contributed by atoms with van der Waals surface area (Å²) in [6.45, 7) is 7.10. The van der Waals surface area contributed by atoms with Crippen molar-refractivity contribution < 1.29 is 14.7 Å². The molecule has 2 aliphatic rings. The first-order valence-electron chi connectivity index (χ1n) is 7.62. The molecule has 20 heavy (non-hydrogen) atoms. The van der Waals surface area contributed by atoms with Crippen molar-refractivity contribution in [3.63, 3.8) is 0 Å². The molecule has 1 heterocycles. The SMILES string of the molecule is CC1CCC(NC(=O)N2CCCC(C)(C(=O)O)C2)C1C. The van der Waals surface area contributed by atoms with Gasteiger partial charge < -0.3 is 15.3 Å². The van der Waals surface area contributed by atoms with Crippen LogP contribution >= 0.6 is 0 Å². The van der Waals surface area contributed by atoms with Gasteiger partial charge in [0, 0.05) is 19.1 Å². The summed E-state index contributed by atoms with van der Waals surface area (Å²) < 4.78 is 0. The maximum absolute atomic E-state index is 12.3. The first-order chi connectivity index (χ1) is 9.33. The van der Waals surface area contributed by atoms with Gasteiger partial charge in [0.15, 0.2) is 0 Å². The van der Waals surface area contributed by atoms with Crippen LogP contribution in [0.5, 0.6) is 0 Å². The number of amides is 2. The zero-order chi connectivity index (χ0) is 14.9. The van der Waals surface area contributed by atoms with E-state index >= 15 is 0 Å². The molecule has 1 saturated heterocycles. The Bertz CT molecular complexity index is 399. The molecule has 5 nitrogen and oxygen atoms in total. The van der Waals surface area contributed by atoms with E-state index in [9.17, 15) is 14.7 Å². The molecule has 0 radical (unpaired) electrons. The van der Waals surface area contributed by atoms with Crippen LogP contribution in [-0.4, -0.2) is 41.1 Å². The van der Waals surface area contributed by atoms with Crippen LogP contribution in [0.3, 0.4) is 0 Å². The van der Waals surface area contributed by atoms with E-state index in [-0.39, 0.29) is 12.1 Å². The summed E-state index contributed by atoms with van der Waals surface area (Å²) >= 11 is 0. The molecule has 0 aromatic rings. The van der Waals surface area contributed by atoms with E-state index in [4.69, 9.17) is 0 Å². The van der Waals surface area contributed by atoms with Crippen LogP contribution in [-0.2, 0) is 4.79 Å². The van der Waals surface area contributed by atoms with Crippen molar-refractivity contribution in [3.8, 4) is 0 Å². The number of carbonyl (C=O) groups is 2. The number of urea groups is 1. The molecule has 0 spiro atoms. The lowest BCUT2D eigenvalue weighted by molar-refractivity contribution is -0.150. The smallest absolute Gasteiger partial charge is 0.317 e. The van der Waals surface area contributed by atoms with Crippen LogP contribution in [0.25, 0.3) is 0 Å². The number of nitrogens with one attached hydrogen (secondary N) is 1. The third kappa shape index (κ3) is 2.91. The Morgan fingerprint density at radius 3 is 2.55 bits per heavy atom. The summed E-state index contributed by atoms with van der Waals surface area (Å²) in [5.74, 6) is 0.332. The minimum Gasteiger partial charge on any atom is -0.481 e. The van der Waals surface area contributed by atoms with Crippen molar-refractivity contribution >= 4 is 12.0 Å². The van der Waals surface area contributed by atoms with Crippen molar-refractivity contribution in [2.24, 2.45) is 17.3 Å². The van der Waals surface area contributed by atoms with Gasteiger partial charge in [0.2, 0.25) is 0 Å². The number of hydrogen-bond donors (Lipinski definition) is 2. The van der Waals surface area contributed by atoms with Gasteiger partial charge in [-0.05, 0) is 44.4 Å². The standard InChI is InChI=1S/C15H26N2O3/c1-10-5-6-12(11(10)2)16-14(20)17-8-4-7-15(3,9-17)13(18)19/h10-12H,4-9H2,1-3H3,(H,16,20)(H,18,19). The van der Waals surface area contributed by atoms with Crippen molar-refractivity contribution in [1.82, 2.24) is 10.2 Å². The van der Waals surface area contributed by atoms with E-state index in [2.05, 4.69) is 19.2 Å². The number of carboxylic acids is 1. The monoisotopic (exact) mass is 282 g/mol. The number of aliphatic carboxylic acids is 1. The molecule has 2 N–H and O–H groups in total. The molecule has 4 atom stereocenters. The number of carbonyl (C=O) groups excluding carboxylic acids is 1. The predicted molar refractivity (Wildman–Crippen MR) is 76.4 cm³/mol. The molecule has 1 saturated carbocycles. The fraction of sp³-hybridized carbons (Fsp3) is 0.867. The van der Waals surface area contributed by atoms with Gasteiger partial charge in [0.1, 0.15) is 0 Å². The third-order valence-electron chi connectivity index (χ3n) is 5.27. The van der Waals surface area contributed by atoms with E-state index in [1.807, 2.05) is 0 Å². The van der Waals surface area contributed by atoms with Gasteiger partial charge in [-0.3, -0.25) is 4.79 Å². The third-order valence-corrected chi connectivity index (χ3v) is 5.27. The molecule has 1 aliphatic heterocycles. The number of rotatable bonds is 2. The number of piperidine rings is 1. The van der Waals surface area contributed by atoms with Gasteiger partial charge in [-0.1, -0.05) is 13.8 Å². The average molecular weight is 282 g/mol. The molecule has 1 aliphatic carbocycles. The molecule has 114 valence electrons. The number of carboxylic acid groups (broad SMARTS) is 1. The predicted octanol–water partition coefficient (Wildman–Crippen LogP) is 2.32. The van der Waals surface area contributed by atoms with E-state index in [1.54, 1.807) is 11.8 Å². The Labute approximate surface area is 120 Å². The molecular formula is C15H26N2O3. The summed E-state index contributed by atoms with van der Waals surface area (Å²) in [7, 11) is 0. The second kappa shape index (κ2) is 5.62. The highest BCUT2D eigenvalue weighted by Gasteiger charge is 2.40. The zero-order valence-corrected chi connectivity index (χ0v) is 12.7. The fourth-order valence-corrected chi connectivity index (χ4v) is 3.41. The maximum atomic E-state index is 12.3. The van der Waals surface area contributed by atoms with Gasteiger partial charge in [-0.15, -0.1) is 0 Å². The Hall–Kier alpha value is -1.26. The summed E-state index contributed by atoms with van der Waals surface area (Å²) in [6.07, 6.45) is 3.58. The van der Waals surface area contributed by atoms with E-state index < -0.39 is 11.4 Å². The van der Waals surface area contributed by atoms with E-state index in [0.717, 1.165) is 19.3 Å². The van der Waals surface area contributed by atoms with Crippen LogP contribution in [0.4, 0.5) is 4.79 Å². The quantitative estimate of drug-likeness (QED) is 0.816. The van der Waals surface area contributed by atoms with Crippen molar-refractivity contribution in [2.75, 3.05) is 13.1 Å². The Morgan fingerprint density at radius 1 is 1.30 bits per heavy atom. The maximum Gasteiger partial charge on any atom is 0.317 e. The van der Waals surface area contributed by atoms with Crippen LogP contribution in [0.15, 0.2) is 0 Å². The highest BCUT2D eigenvalue weighted by Crippen LogP contribution is 2.32. The molecular weight excluding hydrogens is 256 g/mol. The van der Waals surface area contributed by atoms with Crippen molar-refractivity contribution in [1.29, 1.82) is 0 Å². The number of likely N-dealkylation sites (tertiary alicyclic amines) is 1. The molecule has 2 amide bonds. The summed E-state index contributed by atoms with van der Waals surface area (Å²) in [5, 5.41) is 12.4. The fourth-order valence-electron chi connectivity index (χ4n) is 3.41. The molecule has 2 fully saturated rings. The largest absolute Gasteiger partial charge is 0.481 e. The normalized spacial score (nSPS) is 37.8. The van der Waals surface area contributed by atoms with Crippen LogP contribution in [0.2, 0.25) is 0 Å². The molecule has 0 aromatic heterocycles. The zero-order valence-electron chi connectivity index (χ0n) is 12.7. The highest BCUT2D eigenvalue weighted by molar-refractivity contribution is 5.78. The van der Waals surface area contributed by atoms with Gasteiger partial charge in [0.05, 0.1) is 5.41 Å². The first-order valence-corrected chi connectivity index (χ1v) is 7.62. The van der Waals surface area contributed by atoms with E-state index in [0.29, 0.717) is 31.3 Å². The first kappa shape index (κ1) is 15.1. The minimum atomic E-state index is -0.808. The molecule has 5 heteroatoms. The molecule has 2 rings (SSSR count). The van der Waals surface area contributed by atoms with Gasteiger partial charge >= 0.3 is 12.0 Å². The lowest BCUT2D eigenvalue weighted by atomic mass is 9.82. The Balaban J connectivity index is 1.94. The molecule has 0 aromatic carbocycles. The summed E-state index contributed by atoms with van der Waals surface area (Å²) in [4.78, 5) is 25.3. The van der Waals surface area contributed by atoms with Crippen molar-refractivity contribution in [3.05, 3.63) is 0 Å². The van der Waals surface area contributed by atoms with Crippen molar-refractivity contribution in [2.45, 2.75) is 52.5 Å². The number of nitrogens with zero attached hydrogens (tertiary/aromatic N) is 1. The Kier molecular flexibility index (Phi) is 4.25. The second-order valence-electron chi connectivity index (χ2n) is 6.86. The van der Waals surface area contributed by atoms with Gasteiger partial charge in [0.25, 0.3) is 0 Å². The molecule has 0 bridgehead atoms. The van der Waals surface area contributed by atoms with Gasteiger partial charge in [-0.25, -0.2) is 4.79 Å². The Morgan fingerprint density at radius 2 is 2.00 bits per heavy atom. The van der Waals surface area contributed by atoms with Crippen LogP contribution < -0.4 is 5.32 Å². The van der Waals surface area contributed by atoms with Crippen LogP contribution in [0, 0.1) is 17.3 Å². The topological polar surface area (TPSA) is 69.6 Å². The lowest BCUT2D eigenvalue weighted by Gasteiger charge is -2.38. The van der Waals surface area contributed by atoms with Crippen LogP contribution in [0.1, 0.15) is 46.5 Å². The summed E-state index contributed by atoms with van der Waals surface area (Å²) in [5.41, 5.74) is -0.801. The average Bonchev–Trinajstić information content (AvgIpc) is 2.70.